The average Bonchev–Trinajstić information content (AvgIpc) is 3.42. The van der Waals surface area contributed by atoms with Crippen molar-refractivity contribution in [3.63, 3.8) is 0 Å². The second-order valence-electron chi connectivity index (χ2n) is 7.00. The van der Waals surface area contributed by atoms with Gasteiger partial charge in [0.25, 0.3) is 0 Å². The maximum atomic E-state index is 5.64. The molecule has 3 aromatic carbocycles. The molecule has 0 aromatic heterocycles. The molecule has 0 spiro atoms. The van der Waals surface area contributed by atoms with E-state index in [9.17, 15) is 0 Å². The maximum absolute atomic E-state index is 5.64. The summed E-state index contributed by atoms with van der Waals surface area (Å²) in [5.41, 5.74) is 2.91. The number of ether oxygens (including phenoxy) is 1. The predicted molar refractivity (Wildman–Crippen MR) is 104 cm³/mol. The number of benzene rings is 3. The molecule has 0 saturated heterocycles. The van der Waals surface area contributed by atoms with Crippen molar-refractivity contribution in [1.82, 2.24) is 5.32 Å². The Hall–Kier alpha value is -2.32. The molecule has 128 valence electrons. The summed E-state index contributed by atoms with van der Waals surface area (Å²) in [6, 6.07) is 23.6. The van der Waals surface area contributed by atoms with E-state index < -0.39 is 0 Å². The molecule has 0 bridgehead atoms. The first-order valence-electron chi connectivity index (χ1n) is 9.12. The Balaban J connectivity index is 1.60. The summed E-state index contributed by atoms with van der Waals surface area (Å²) in [4.78, 5) is 0. The van der Waals surface area contributed by atoms with Crippen LogP contribution in [0.25, 0.3) is 10.8 Å². The third-order valence-corrected chi connectivity index (χ3v) is 5.74. The minimum atomic E-state index is 0.212. The monoisotopic (exact) mass is 331 g/mol. The van der Waals surface area contributed by atoms with Crippen LogP contribution in [0.1, 0.15) is 36.8 Å². The normalized spacial score (nSPS) is 22.1. The highest BCUT2D eigenvalue weighted by molar-refractivity contribution is 5.87. The molecule has 1 N–H and O–H groups in total. The molecule has 0 unspecified atom stereocenters. The van der Waals surface area contributed by atoms with E-state index in [1.807, 2.05) is 0 Å². The lowest BCUT2D eigenvalue weighted by Crippen LogP contribution is -2.32. The highest BCUT2D eigenvalue weighted by Crippen LogP contribution is 2.53. The fourth-order valence-corrected chi connectivity index (χ4v) is 4.09. The van der Waals surface area contributed by atoms with Crippen LogP contribution in [-0.4, -0.2) is 12.6 Å². The van der Waals surface area contributed by atoms with Crippen molar-refractivity contribution >= 4 is 10.8 Å². The number of nitrogens with one attached hydrogen (secondary N) is 1. The van der Waals surface area contributed by atoms with E-state index in [1.54, 1.807) is 7.11 Å². The molecule has 25 heavy (non-hydrogen) atoms. The first kappa shape index (κ1) is 16.2. The van der Waals surface area contributed by atoms with E-state index in [1.165, 1.54) is 28.3 Å². The lowest BCUT2D eigenvalue weighted by molar-refractivity contribution is 0.402. The second-order valence-corrected chi connectivity index (χ2v) is 7.00. The Morgan fingerprint density at radius 3 is 2.52 bits per heavy atom. The molecule has 0 aliphatic heterocycles. The Morgan fingerprint density at radius 1 is 1.00 bits per heavy atom. The van der Waals surface area contributed by atoms with Gasteiger partial charge in [-0.15, -0.1) is 0 Å². The van der Waals surface area contributed by atoms with Gasteiger partial charge in [-0.1, -0.05) is 67.6 Å². The number of rotatable bonds is 6. The quantitative estimate of drug-likeness (QED) is 0.664. The van der Waals surface area contributed by atoms with Crippen LogP contribution in [0.5, 0.6) is 5.75 Å². The number of fused-ring (bicyclic) bond motifs is 1. The fraction of sp³-hybridized carbons (Fsp3) is 0.304. The van der Waals surface area contributed by atoms with E-state index in [2.05, 4.69) is 79.0 Å². The molecule has 1 aliphatic rings. The Bertz CT molecular complexity index is 874. The highest BCUT2D eigenvalue weighted by Gasteiger charge is 2.52. The standard InChI is InChI=1S/C23H25NO/c1-3-23(15-21(23)18-10-5-4-6-11-18)24-16-20-19-12-8-7-9-17(19)13-14-22(20)25-2/h4-14,21,24H,3,15-16H2,1-2H3/t21-,23+/m0/s1. The number of methoxy groups -OCH3 is 1. The number of hydrogen-bond acceptors (Lipinski definition) is 2. The van der Waals surface area contributed by atoms with Gasteiger partial charge in [0.1, 0.15) is 5.75 Å². The van der Waals surface area contributed by atoms with Crippen molar-refractivity contribution in [3.05, 3.63) is 77.9 Å². The Morgan fingerprint density at radius 2 is 1.76 bits per heavy atom. The molecule has 0 amide bonds. The van der Waals surface area contributed by atoms with Gasteiger partial charge in [-0.05, 0) is 35.2 Å². The van der Waals surface area contributed by atoms with Gasteiger partial charge < -0.3 is 10.1 Å². The smallest absolute Gasteiger partial charge is 0.123 e. The molecule has 2 heteroatoms. The summed E-state index contributed by atoms with van der Waals surface area (Å²) in [6.45, 7) is 3.12. The molecular weight excluding hydrogens is 306 g/mol. The molecule has 1 saturated carbocycles. The molecule has 3 aromatic rings. The summed E-state index contributed by atoms with van der Waals surface area (Å²) in [6.07, 6.45) is 2.35. The van der Waals surface area contributed by atoms with Crippen LogP contribution >= 0.6 is 0 Å². The van der Waals surface area contributed by atoms with Crippen molar-refractivity contribution < 1.29 is 4.74 Å². The third kappa shape index (κ3) is 2.91. The van der Waals surface area contributed by atoms with E-state index >= 15 is 0 Å². The van der Waals surface area contributed by atoms with Gasteiger partial charge in [0.05, 0.1) is 7.11 Å². The zero-order valence-electron chi connectivity index (χ0n) is 15.0. The first-order chi connectivity index (χ1) is 12.3. The molecular formula is C23H25NO. The largest absolute Gasteiger partial charge is 0.496 e. The lowest BCUT2D eigenvalue weighted by atomic mass is 10.0. The zero-order chi connectivity index (χ0) is 17.3. The van der Waals surface area contributed by atoms with Crippen molar-refractivity contribution in [2.75, 3.05) is 7.11 Å². The third-order valence-electron chi connectivity index (χ3n) is 5.74. The van der Waals surface area contributed by atoms with Crippen LogP contribution in [0.3, 0.4) is 0 Å². The van der Waals surface area contributed by atoms with Crippen LogP contribution in [0.2, 0.25) is 0 Å². The molecule has 2 nitrogen and oxygen atoms in total. The highest BCUT2D eigenvalue weighted by atomic mass is 16.5. The van der Waals surface area contributed by atoms with E-state index in [4.69, 9.17) is 4.74 Å². The molecule has 1 fully saturated rings. The summed E-state index contributed by atoms with van der Waals surface area (Å²) in [5, 5.41) is 6.41. The van der Waals surface area contributed by atoms with Crippen molar-refractivity contribution in [2.24, 2.45) is 0 Å². The van der Waals surface area contributed by atoms with Crippen LogP contribution in [0.15, 0.2) is 66.7 Å². The zero-order valence-corrected chi connectivity index (χ0v) is 15.0. The van der Waals surface area contributed by atoms with E-state index in [0.717, 1.165) is 18.7 Å². The number of hydrogen-bond donors (Lipinski definition) is 1. The van der Waals surface area contributed by atoms with Crippen molar-refractivity contribution in [3.8, 4) is 5.75 Å². The predicted octanol–water partition coefficient (Wildman–Crippen LogP) is 5.27. The van der Waals surface area contributed by atoms with Gasteiger partial charge >= 0.3 is 0 Å². The molecule has 2 atom stereocenters. The molecule has 4 rings (SSSR count). The van der Waals surface area contributed by atoms with Gasteiger partial charge in [-0.2, -0.15) is 0 Å². The minimum absolute atomic E-state index is 0.212. The topological polar surface area (TPSA) is 21.3 Å². The van der Waals surface area contributed by atoms with Gasteiger partial charge in [0.15, 0.2) is 0 Å². The van der Waals surface area contributed by atoms with Crippen molar-refractivity contribution in [2.45, 2.75) is 37.8 Å². The van der Waals surface area contributed by atoms with E-state index in [-0.39, 0.29) is 5.54 Å². The average molecular weight is 331 g/mol. The van der Waals surface area contributed by atoms with Gasteiger partial charge in [-0.3, -0.25) is 0 Å². The van der Waals surface area contributed by atoms with Crippen LogP contribution in [0.4, 0.5) is 0 Å². The first-order valence-corrected chi connectivity index (χ1v) is 9.12. The summed E-state index contributed by atoms with van der Waals surface area (Å²) < 4.78 is 5.64. The summed E-state index contributed by atoms with van der Waals surface area (Å²) in [5.74, 6) is 1.58. The molecule has 1 aliphatic carbocycles. The van der Waals surface area contributed by atoms with Crippen molar-refractivity contribution in [1.29, 1.82) is 0 Å². The molecule has 0 heterocycles. The minimum Gasteiger partial charge on any atom is -0.496 e. The summed E-state index contributed by atoms with van der Waals surface area (Å²) in [7, 11) is 1.76. The van der Waals surface area contributed by atoms with Gasteiger partial charge in [0.2, 0.25) is 0 Å². The fourth-order valence-electron chi connectivity index (χ4n) is 4.09. The lowest BCUT2D eigenvalue weighted by Gasteiger charge is -2.20. The summed E-state index contributed by atoms with van der Waals surface area (Å²) >= 11 is 0. The van der Waals surface area contributed by atoms with Crippen LogP contribution < -0.4 is 10.1 Å². The maximum Gasteiger partial charge on any atom is 0.123 e. The van der Waals surface area contributed by atoms with Gasteiger partial charge in [0, 0.05) is 23.6 Å². The Labute approximate surface area is 149 Å². The van der Waals surface area contributed by atoms with Crippen LogP contribution in [-0.2, 0) is 6.54 Å². The van der Waals surface area contributed by atoms with Crippen LogP contribution in [0, 0.1) is 0 Å². The Kier molecular flexibility index (Phi) is 4.22. The molecule has 0 radical (unpaired) electrons. The SMILES string of the molecule is CC[C@@]1(NCc2c(OC)ccc3ccccc23)C[C@H]1c1ccccc1. The van der Waals surface area contributed by atoms with E-state index in [0.29, 0.717) is 5.92 Å². The second kappa shape index (κ2) is 6.53. The van der Waals surface area contributed by atoms with Gasteiger partial charge in [-0.25, -0.2) is 0 Å².